The molecule has 0 amide bonds. The second kappa shape index (κ2) is 5.27. The van der Waals surface area contributed by atoms with Gasteiger partial charge in [0.2, 0.25) is 0 Å². The minimum atomic E-state index is -0.745. The normalized spacial score (nSPS) is 19.4. The summed E-state index contributed by atoms with van der Waals surface area (Å²) in [4.78, 5) is 0. The van der Waals surface area contributed by atoms with Gasteiger partial charge in [0.1, 0.15) is 5.72 Å². The standard InChI is InChI=1S/C8H19N3O/c1-7(10)4-3-5-8(11,6-9)12-2/h3-4,7H,5-6,9-11H2,1-2H3/b4-3+. The number of methoxy groups -OCH3 is 1. The van der Waals surface area contributed by atoms with Crippen molar-refractivity contribution in [2.45, 2.75) is 25.1 Å². The van der Waals surface area contributed by atoms with E-state index in [4.69, 9.17) is 21.9 Å². The molecular formula is C8H19N3O. The van der Waals surface area contributed by atoms with E-state index in [1.54, 1.807) is 7.11 Å². The molecular weight excluding hydrogens is 154 g/mol. The van der Waals surface area contributed by atoms with Crippen molar-refractivity contribution in [2.24, 2.45) is 17.2 Å². The molecule has 0 heterocycles. The molecule has 0 rings (SSSR count). The number of ether oxygens (including phenoxy) is 1. The lowest BCUT2D eigenvalue weighted by molar-refractivity contribution is 0.00551. The molecule has 6 N–H and O–H groups in total. The Balaban J connectivity index is 3.88. The molecule has 4 heteroatoms. The van der Waals surface area contributed by atoms with E-state index in [-0.39, 0.29) is 6.04 Å². The fourth-order valence-corrected chi connectivity index (χ4v) is 0.732. The highest BCUT2D eigenvalue weighted by molar-refractivity contribution is 4.94. The van der Waals surface area contributed by atoms with Gasteiger partial charge in [-0.3, -0.25) is 0 Å². The third-order valence-electron chi connectivity index (χ3n) is 1.66. The minimum absolute atomic E-state index is 0.0453. The molecule has 0 aromatic carbocycles. The Morgan fingerprint density at radius 2 is 2.17 bits per heavy atom. The highest BCUT2D eigenvalue weighted by Gasteiger charge is 2.19. The van der Waals surface area contributed by atoms with Crippen molar-refractivity contribution in [1.82, 2.24) is 0 Å². The van der Waals surface area contributed by atoms with Gasteiger partial charge in [0.05, 0.1) is 0 Å². The molecule has 0 aliphatic carbocycles. The van der Waals surface area contributed by atoms with E-state index in [0.717, 1.165) is 0 Å². The zero-order valence-electron chi connectivity index (χ0n) is 7.79. The highest BCUT2D eigenvalue weighted by atomic mass is 16.5. The van der Waals surface area contributed by atoms with E-state index in [1.165, 1.54) is 0 Å². The van der Waals surface area contributed by atoms with E-state index < -0.39 is 5.72 Å². The van der Waals surface area contributed by atoms with Crippen LogP contribution in [0.25, 0.3) is 0 Å². The first kappa shape index (κ1) is 11.6. The highest BCUT2D eigenvalue weighted by Crippen LogP contribution is 2.06. The van der Waals surface area contributed by atoms with Crippen molar-refractivity contribution in [3.63, 3.8) is 0 Å². The summed E-state index contributed by atoms with van der Waals surface area (Å²) >= 11 is 0. The smallest absolute Gasteiger partial charge is 0.132 e. The fraction of sp³-hybridized carbons (Fsp3) is 0.750. The van der Waals surface area contributed by atoms with E-state index >= 15 is 0 Å². The maximum Gasteiger partial charge on any atom is 0.132 e. The van der Waals surface area contributed by atoms with Gasteiger partial charge in [-0.25, -0.2) is 0 Å². The van der Waals surface area contributed by atoms with Crippen LogP contribution in [0.15, 0.2) is 12.2 Å². The zero-order chi connectivity index (χ0) is 9.61. The molecule has 0 saturated heterocycles. The van der Waals surface area contributed by atoms with Crippen molar-refractivity contribution in [3.05, 3.63) is 12.2 Å². The molecule has 0 aliphatic rings. The molecule has 0 aromatic heterocycles. The van der Waals surface area contributed by atoms with Crippen LogP contribution in [0.5, 0.6) is 0 Å². The first-order valence-corrected chi connectivity index (χ1v) is 4.00. The van der Waals surface area contributed by atoms with Gasteiger partial charge in [0.25, 0.3) is 0 Å². The van der Waals surface area contributed by atoms with Gasteiger partial charge in [-0.2, -0.15) is 0 Å². The summed E-state index contributed by atoms with van der Waals surface area (Å²) in [5.41, 5.74) is 15.9. The predicted octanol–water partition coefficient (Wildman–Crippen LogP) is -0.460. The Hall–Kier alpha value is -0.420. The second-order valence-corrected chi connectivity index (χ2v) is 2.96. The van der Waals surface area contributed by atoms with Crippen LogP contribution >= 0.6 is 0 Å². The third kappa shape index (κ3) is 4.46. The molecule has 4 nitrogen and oxygen atoms in total. The van der Waals surface area contributed by atoms with Crippen LogP contribution in [-0.4, -0.2) is 25.4 Å². The Labute approximate surface area is 73.7 Å². The SMILES string of the molecule is COC(N)(CN)C/C=C/C(C)N. The van der Waals surface area contributed by atoms with Crippen LogP contribution in [0.2, 0.25) is 0 Å². The molecule has 0 bridgehead atoms. The summed E-state index contributed by atoms with van der Waals surface area (Å²) in [5.74, 6) is 0. The molecule has 12 heavy (non-hydrogen) atoms. The summed E-state index contributed by atoms with van der Waals surface area (Å²) in [6, 6.07) is 0.0453. The quantitative estimate of drug-likeness (QED) is 0.388. The van der Waals surface area contributed by atoms with E-state index in [2.05, 4.69) is 0 Å². The number of hydrogen-bond acceptors (Lipinski definition) is 4. The summed E-state index contributed by atoms with van der Waals surface area (Å²) < 4.78 is 5.03. The van der Waals surface area contributed by atoms with Gasteiger partial charge in [-0.15, -0.1) is 0 Å². The molecule has 0 radical (unpaired) electrons. The maximum absolute atomic E-state index is 5.74. The lowest BCUT2D eigenvalue weighted by Gasteiger charge is -2.24. The summed E-state index contributed by atoms with van der Waals surface area (Å²) in [6.45, 7) is 2.19. The number of rotatable bonds is 5. The minimum Gasteiger partial charge on any atom is -0.362 e. The number of hydrogen-bond donors (Lipinski definition) is 3. The predicted molar refractivity (Wildman–Crippen MR) is 50.4 cm³/mol. The van der Waals surface area contributed by atoms with Gasteiger partial charge in [-0.1, -0.05) is 12.2 Å². The average molecular weight is 173 g/mol. The molecule has 0 aliphatic heterocycles. The van der Waals surface area contributed by atoms with Gasteiger partial charge in [0, 0.05) is 26.1 Å². The molecule has 0 spiro atoms. The van der Waals surface area contributed by atoms with Crippen molar-refractivity contribution < 1.29 is 4.74 Å². The van der Waals surface area contributed by atoms with Crippen LogP contribution in [0.4, 0.5) is 0 Å². The first-order valence-electron chi connectivity index (χ1n) is 4.00. The Bertz CT molecular complexity index is 141. The lowest BCUT2D eigenvalue weighted by Crippen LogP contribution is -2.48. The third-order valence-corrected chi connectivity index (χ3v) is 1.66. The van der Waals surface area contributed by atoms with Crippen molar-refractivity contribution >= 4 is 0 Å². The molecule has 2 unspecified atom stereocenters. The van der Waals surface area contributed by atoms with Crippen LogP contribution in [0.1, 0.15) is 13.3 Å². The molecule has 72 valence electrons. The van der Waals surface area contributed by atoms with Gasteiger partial charge < -0.3 is 21.9 Å². The van der Waals surface area contributed by atoms with Crippen LogP contribution in [0.3, 0.4) is 0 Å². The molecule has 0 aromatic rings. The first-order chi connectivity index (χ1) is 5.54. The zero-order valence-corrected chi connectivity index (χ0v) is 7.79. The number of nitrogens with two attached hydrogens (primary N) is 3. The maximum atomic E-state index is 5.74. The second-order valence-electron chi connectivity index (χ2n) is 2.96. The van der Waals surface area contributed by atoms with Crippen molar-refractivity contribution in [1.29, 1.82) is 0 Å². The Kier molecular flexibility index (Phi) is 5.08. The van der Waals surface area contributed by atoms with Crippen molar-refractivity contribution in [3.8, 4) is 0 Å². The van der Waals surface area contributed by atoms with Gasteiger partial charge >= 0.3 is 0 Å². The molecule has 0 saturated carbocycles. The Morgan fingerprint density at radius 3 is 2.50 bits per heavy atom. The summed E-state index contributed by atoms with van der Waals surface area (Å²) in [7, 11) is 1.55. The van der Waals surface area contributed by atoms with Crippen LogP contribution in [0, 0.1) is 0 Å². The van der Waals surface area contributed by atoms with Gasteiger partial charge in [-0.05, 0) is 6.92 Å². The van der Waals surface area contributed by atoms with Crippen LogP contribution < -0.4 is 17.2 Å². The lowest BCUT2D eigenvalue weighted by atomic mass is 10.1. The summed E-state index contributed by atoms with van der Waals surface area (Å²) in [6.07, 6.45) is 4.35. The molecule has 2 atom stereocenters. The van der Waals surface area contributed by atoms with E-state index in [1.807, 2.05) is 19.1 Å². The summed E-state index contributed by atoms with van der Waals surface area (Å²) in [5, 5.41) is 0. The molecule has 0 fully saturated rings. The topological polar surface area (TPSA) is 87.3 Å². The monoisotopic (exact) mass is 173 g/mol. The Morgan fingerprint density at radius 1 is 1.58 bits per heavy atom. The van der Waals surface area contributed by atoms with Crippen LogP contribution in [-0.2, 0) is 4.74 Å². The van der Waals surface area contributed by atoms with Crippen molar-refractivity contribution in [2.75, 3.05) is 13.7 Å². The fourth-order valence-electron chi connectivity index (χ4n) is 0.732. The van der Waals surface area contributed by atoms with E-state index in [0.29, 0.717) is 13.0 Å². The van der Waals surface area contributed by atoms with Gasteiger partial charge in [0.15, 0.2) is 0 Å². The van der Waals surface area contributed by atoms with E-state index in [9.17, 15) is 0 Å². The largest absolute Gasteiger partial charge is 0.362 e. The average Bonchev–Trinajstić information content (AvgIpc) is 2.03.